The van der Waals surface area contributed by atoms with Crippen LogP contribution in [0.4, 0.5) is 11.4 Å². The van der Waals surface area contributed by atoms with Gasteiger partial charge in [0.15, 0.2) is 11.6 Å². The number of anilines is 2. The van der Waals surface area contributed by atoms with Gasteiger partial charge in [0.1, 0.15) is 4.90 Å². The first kappa shape index (κ1) is 20.5. The Labute approximate surface area is 174 Å². The number of fused-ring (bicyclic) bond motifs is 2. The third-order valence-electron chi connectivity index (χ3n) is 6.07. The Balaban J connectivity index is 1.90. The summed E-state index contributed by atoms with van der Waals surface area (Å²) in [5.74, 6) is -0.734. The smallest absolute Gasteiger partial charge is 0.296 e. The summed E-state index contributed by atoms with van der Waals surface area (Å²) in [7, 11) is -4.72. The normalized spacial score (nSPS) is 23.6. The number of nitrogen functional groups attached to an aromatic ring is 1. The number of carbonyl (C=O) groups is 2. The summed E-state index contributed by atoms with van der Waals surface area (Å²) >= 11 is 0. The van der Waals surface area contributed by atoms with Gasteiger partial charge in [-0.15, -0.1) is 0 Å². The van der Waals surface area contributed by atoms with E-state index >= 15 is 0 Å². The number of hydrogen-bond acceptors (Lipinski definition) is 7. The van der Waals surface area contributed by atoms with E-state index < -0.39 is 32.3 Å². The van der Waals surface area contributed by atoms with E-state index in [0.717, 1.165) is 25.3 Å². The number of hydrogen-bond donors (Lipinski definition) is 4. The lowest BCUT2D eigenvalue weighted by Gasteiger charge is -2.34. The standard InChI is InChI=1S/C21H23N3O5S/c1-10-8-11(6-7-14(10)22)24-15-9-16(30(27,28)29)19(23)18-17(15)20(25)12-4-2-3-5-13(12)21(18)26/h2-5,9-11,14,24H,6-8,22-23H2,1H3,(H,27,28,29). The molecule has 3 atom stereocenters. The molecule has 2 aliphatic rings. The van der Waals surface area contributed by atoms with E-state index in [-0.39, 0.29) is 45.9 Å². The van der Waals surface area contributed by atoms with Crippen LogP contribution in [0.1, 0.15) is 58.0 Å². The molecule has 0 heterocycles. The van der Waals surface area contributed by atoms with Crippen molar-refractivity contribution in [1.29, 1.82) is 0 Å². The average molecular weight is 429 g/mol. The Morgan fingerprint density at radius 1 is 1.07 bits per heavy atom. The SMILES string of the molecule is CC1CC(Nc2cc(S(=O)(=O)O)c(N)c3c2C(=O)c2ccccc2C3=O)CCC1N. The van der Waals surface area contributed by atoms with Gasteiger partial charge < -0.3 is 16.8 Å². The van der Waals surface area contributed by atoms with Crippen LogP contribution in [-0.4, -0.2) is 36.6 Å². The lowest BCUT2D eigenvalue weighted by Crippen LogP contribution is -2.39. The van der Waals surface area contributed by atoms with Crippen molar-refractivity contribution in [3.05, 3.63) is 52.6 Å². The highest BCUT2D eigenvalue weighted by atomic mass is 32.2. The molecule has 0 radical (unpaired) electrons. The molecule has 158 valence electrons. The average Bonchev–Trinajstić information content (AvgIpc) is 2.69. The fourth-order valence-corrected chi connectivity index (χ4v) is 5.04. The van der Waals surface area contributed by atoms with Crippen LogP contribution in [0.5, 0.6) is 0 Å². The Morgan fingerprint density at radius 2 is 1.67 bits per heavy atom. The summed E-state index contributed by atoms with van der Waals surface area (Å²) in [5.41, 5.74) is 12.0. The predicted octanol–water partition coefficient (Wildman–Crippen LogP) is 2.22. The number of ketones is 2. The quantitative estimate of drug-likeness (QED) is 0.365. The van der Waals surface area contributed by atoms with Crippen LogP contribution in [0.3, 0.4) is 0 Å². The molecule has 0 bridgehead atoms. The molecular formula is C21H23N3O5S. The first-order chi connectivity index (χ1) is 14.1. The largest absolute Gasteiger partial charge is 0.397 e. The molecule has 2 aromatic rings. The van der Waals surface area contributed by atoms with Crippen molar-refractivity contribution in [3.63, 3.8) is 0 Å². The maximum atomic E-state index is 13.3. The van der Waals surface area contributed by atoms with Gasteiger partial charge in [-0.05, 0) is 31.2 Å². The number of carbonyl (C=O) groups excluding carboxylic acids is 2. The minimum absolute atomic E-state index is 0.0334. The molecular weight excluding hydrogens is 406 g/mol. The Kier molecular flexibility index (Phi) is 4.92. The molecule has 30 heavy (non-hydrogen) atoms. The second kappa shape index (κ2) is 7.19. The second-order valence-electron chi connectivity index (χ2n) is 8.06. The van der Waals surface area contributed by atoms with Crippen molar-refractivity contribution >= 4 is 33.1 Å². The molecule has 8 nitrogen and oxygen atoms in total. The van der Waals surface area contributed by atoms with Gasteiger partial charge >= 0.3 is 0 Å². The molecule has 0 aliphatic heterocycles. The van der Waals surface area contributed by atoms with Gasteiger partial charge in [0.25, 0.3) is 10.1 Å². The monoisotopic (exact) mass is 429 g/mol. The maximum absolute atomic E-state index is 13.3. The zero-order chi connectivity index (χ0) is 21.8. The van der Waals surface area contributed by atoms with Crippen LogP contribution >= 0.6 is 0 Å². The predicted molar refractivity (Wildman–Crippen MR) is 112 cm³/mol. The van der Waals surface area contributed by atoms with Gasteiger partial charge in [-0.2, -0.15) is 8.42 Å². The molecule has 4 rings (SSSR count). The Morgan fingerprint density at radius 3 is 2.23 bits per heavy atom. The molecule has 6 N–H and O–H groups in total. The van der Waals surface area contributed by atoms with E-state index in [1.165, 1.54) is 6.07 Å². The fourth-order valence-electron chi connectivity index (χ4n) is 4.39. The summed E-state index contributed by atoms with van der Waals surface area (Å²) in [5, 5.41) is 3.22. The molecule has 9 heteroatoms. The van der Waals surface area contributed by atoms with Crippen LogP contribution in [0.15, 0.2) is 35.2 Å². The fraction of sp³-hybridized carbons (Fsp3) is 0.333. The van der Waals surface area contributed by atoms with Crippen molar-refractivity contribution in [2.75, 3.05) is 11.1 Å². The van der Waals surface area contributed by atoms with Crippen LogP contribution < -0.4 is 16.8 Å². The molecule has 0 saturated heterocycles. The molecule has 3 unspecified atom stereocenters. The summed E-state index contributed by atoms with van der Waals surface area (Å²) in [6.07, 6.45) is 2.22. The van der Waals surface area contributed by atoms with Crippen LogP contribution in [0, 0.1) is 5.92 Å². The summed E-state index contributed by atoms with van der Waals surface area (Å²) < 4.78 is 33.6. The Bertz CT molecular complexity index is 1180. The molecule has 2 aromatic carbocycles. The molecule has 1 saturated carbocycles. The highest BCUT2D eigenvalue weighted by Crippen LogP contribution is 2.40. The minimum Gasteiger partial charge on any atom is -0.397 e. The summed E-state index contributed by atoms with van der Waals surface area (Å²) in [6.45, 7) is 2.03. The third-order valence-corrected chi connectivity index (χ3v) is 6.97. The van der Waals surface area contributed by atoms with Crippen molar-refractivity contribution in [1.82, 2.24) is 0 Å². The van der Waals surface area contributed by atoms with Crippen LogP contribution in [0.2, 0.25) is 0 Å². The van der Waals surface area contributed by atoms with E-state index in [1.54, 1.807) is 18.2 Å². The summed E-state index contributed by atoms with van der Waals surface area (Å²) in [4.78, 5) is 25.8. The molecule has 0 spiro atoms. The number of nitrogens with two attached hydrogens (primary N) is 2. The van der Waals surface area contributed by atoms with Gasteiger partial charge in [-0.1, -0.05) is 31.2 Å². The second-order valence-corrected chi connectivity index (χ2v) is 9.45. The van der Waals surface area contributed by atoms with Crippen molar-refractivity contribution in [2.45, 2.75) is 43.2 Å². The van der Waals surface area contributed by atoms with E-state index in [2.05, 4.69) is 5.32 Å². The first-order valence-corrected chi connectivity index (χ1v) is 11.2. The maximum Gasteiger partial charge on any atom is 0.296 e. The number of nitrogens with one attached hydrogen (secondary N) is 1. The third kappa shape index (κ3) is 3.28. The topological polar surface area (TPSA) is 153 Å². The molecule has 2 aliphatic carbocycles. The van der Waals surface area contributed by atoms with E-state index in [1.807, 2.05) is 6.92 Å². The summed E-state index contributed by atoms with van der Waals surface area (Å²) in [6, 6.07) is 7.47. The number of rotatable bonds is 3. The zero-order valence-corrected chi connectivity index (χ0v) is 17.2. The van der Waals surface area contributed by atoms with Gasteiger partial charge in [-0.3, -0.25) is 14.1 Å². The van der Waals surface area contributed by atoms with Crippen LogP contribution in [0.25, 0.3) is 0 Å². The number of benzene rings is 2. The highest BCUT2D eigenvalue weighted by Gasteiger charge is 2.37. The minimum atomic E-state index is -4.72. The molecule has 0 amide bonds. The van der Waals surface area contributed by atoms with E-state index in [0.29, 0.717) is 0 Å². The van der Waals surface area contributed by atoms with Gasteiger partial charge in [0.05, 0.1) is 16.8 Å². The van der Waals surface area contributed by atoms with Gasteiger partial charge in [-0.25, -0.2) is 0 Å². The van der Waals surface area contributed by atoms with Gasteiger partial charge in [0.2, 0.25) is 0 Å². The zero-order valence-electron chi connectivity index (χ0n) is 16.4. The van der Waals surface area contributed by atoms with E-state index in [9.17, 15) is 22.6 Å². The first-order valence-electron chi connectivity index (χ1n) is 9.74. The lowest BCUT2D eigenvalue weighted by atomic mass is 9.81. The van der Waals surface area contributed by atoms with Crippen molar-refractivity contribution in [2.24, 2.45) is 11.7 Å². The lowest BCUT2D eigenvalue weighted by molar-refractivity contribution is 0.0980. The Hall–Kier alpha value is -2.75. The van der Waals surface area contributed by atoms with Gasteiger partial charge in [0, 0.05) is 28.9 Å². The highest BCUT2D eigenvalue weighted by molar-refractivity contribution is 7.86. The van der Waals surface area contributed by atoms with Crippen LogP contribution in [-0.2, 0) is 10.1 Å². The van der Waals surface area contributed by atoms with E-state index in [4.69, 9.17) is 11.5 Å². The van der Waals surface area contributed by atoms with Crippen molar-refractivity contribution < 1.29 is 22.6 Å². The van der Waals surface area contributed by atoms with Crippen molar-refractivity contribution in [3.8, 4) is 0 Å². The molecule has 0 aromatic heterocycles. The molecule has 1 fully saturated rings.